The first-order valence-electron chi connectivity index (χ1n) is 15.8. The quantitative estimate of drug-likeness (QED) is 0.0639. The van der Waals surface area contributed by atoms with Gasteiger partial charge in [-0.1, -0.05) is 113 Å². The summed E-state index contributed by atoms with van der Waals surface area (Å²) in [6.07, 6.45) is 43.1. The van der Waals surface area contributed by atoms with E-state index in [1.54, 1.807) is 0 Å². The molecule has 2 atom stereocenters. The average molecular weight is 516 g/mol. The van der Waals surface area contributed by atoms with Crippen molar-refractivity contribution in [2.45, 2.75) is 167 Å². The zero-order chi connectivity index (χ0) is 27.1. The van der Waals surface area contributed by atoms with Gasteiger partial charge in [0, 0.05) is 0 Å². The summed E-state index contributed by atoms with van der Waals surface area (Å²) in [7, 11) is 0. The van der Waals surface area contributed by atoms with Crippen molar-refractivity contribution in [3.05, 3.63) is 53.5 Å². The third kappa shape index (κ3) is 28.9. The van der Waals surface area contributed by atoms with Crippen molar-refractivity contribution >= 4 is 0 Å². The second kappa shape index (κ2) is 30.7. The van der Waals surface area contributed by atoms with Crippen molar-refractivity contribution in [1.82, 2.24) is 0 Å². The van der Waals surface area contributed by atoms with Crippen molar-refractivity contribution < 1.29 is 5.11 Å². The standard InChI is InChI=1S/C34H61NO2/c1-3-5-7-8-9-10-11-12-13-14-15-16-17-18-19-20-21-22-23-24-27-31-34(36)32-28-25-26-30-33(35-37)29-6-4-2/h11-12,15-16,21-22,25,28,33-34,36H,3-10,13-14,17-20,23-24,26-27,29-32H2,1-2H3/b12-11+,16-15+,22-21+,28-25+. The maximum Gasteiger partial charge on any atom is 0.0922 e. The molecule has 37 heavy (non-hydrogen) atoms. The van der Waals surface area contributed by atoms with Crippen molar-refractivity contribution in [2.75, 3.05) is 0 Å². The van der Waals surface area contributed by atoms with Crippen LogP contribution in [0.3, 0.4) is 0 Å². The van der Waals surface area contributed by atoms with Gasteiger partial charge in [-0.2, -0.15) is 4.91 Å². The first-order valence-corrected chi connectivity index (χ1v) is 15.8. The molecule has 0 spiro atoms. The fourth-order valence-electron chi connectivity index (χ4n) is 4.40. The van der Waals surface area contributed by atoms with Crippen LogP contribution >= 0.6 is 0 Å². The summed E-state index contributed by atoms with van der Waals surface area (Å²) in [5.74, 6) is 0. The molecule has 1 N–H and O–H groups in total. The summed E-state index contributed by atoms with van der Waals surface area (Å²) < 4.78 is 0. The van der Waals surface area contributed by atoms with Crippen molar-refractivity contribution in [2.24, 2.45) is 5.18 Å². The molecule has 0 aromatic heterocycles. The third-order valence-corrected chi connectivity index (χ3v) is 6.91. The largest absolute Gasteiger partial charge is 0.393 e. The van der Waals surface area contributed by atoms with Crippen molar-refractivity contribution in [3.63, 3.8) is 0 Å². The first kappa shape index (κ1) is 35.5. The summed E-state index contributed by atoms with van der Waals surface area (Å²) in [6.45, 7) is 4.41. The molecule has 0 bridgehead atoms. The van der Waals surface area contributed by atoms with Crippen molar-refractivity contribution in [1.29, 1.82) is 0 Å². The SMILES string of the molecule is CCCCCCC/C=C/CC/C=C/CCCC/C=C/CCCCC(O)C/C=C/CCC(CCCC)N=O. The van der Waals surface area contributed by atoms with Gasteiger partial charge >= 0.3 is 0 Å². The Labute approximate surface area is 231 Å². The van der Waals surface area contributed by atoms with E-state index in [0.29, 0.717) is 6.42 Å². The number of nitroso groups, excluding NO2 is 1. The highest BCUT2D eigenvalue weighted by molar-refractivity contribution is 4.89. The molecule has 0 aromatic rings. The topological polar surface area (TPSA) is 49.7 Å². The predicted molar refractivity (Wildman–Crippen MR) is 165 cm³/mol. The van der Waals surface area contributed by atoms with Crippen LogP contribution in [-0.2, 0) is 0 Å². The van der Waals surface area contributed by atoms with Crippen LogP contribution in [0.2, 0.25) is 0 Å². The Kier molecular flexibility index (Phi) is 29.5. The Balaban J connectivity index is 3.46. The molecule has 3 nitrogen and oxygen atoms in total. The van der Waals surface area contributed by atoms with E-state index in [2.05, 4.69) is 67.6 Å². The fourth-order valence-corrected chi connectivity index (χ4v) is 4.40. The lowest BCUT2D eigenvalue weighted by Crippen LogP contribution is -2.04. The molecule has 0 aliphatic rings. The minimum atomic E-state index is -0.246. The Hall–Kier alpha value is -1.48. The highest BCUT2D eigenvalue weighted by atomic mass is 16.3. The molecule has 0 fully saturated rings. The van der Waals surface area contributed by atoms with Gasteiger partial charge in [0.15, 0.2) is 0 Å². The molecule has 0 amide bonds. The van der Waals surface area contributed by atoms with Gasteiger partial charge in [-0.05, 0) is 96.3 Å². The number of nitrogens with zero attached hydrogens (tertiary/aromatic N) is 1. The van der Waals surface area contributed by atoms with Crippen LogP contribution in [-0.4, -0.2) is 17.3 Å². The van der Waals surface area contributed by atoms with Crippen LogP contribution in [0.4, 0.5) is 0 Å². The molecule has 0 saturated heterocycles. The molecule has 2 unspecified atom stereocenters. The molecule has 0 aliphatic carbocycles. The van der Waals surface area contributed by atoms with Gasteiger partial charge in [0.25, 0.3) is 0 Å². The van der Waals surface area contributed by atoms with Gasteiger partial charge in [-0.3, -0.25) is 0 Å². The van der Waals surface area contributed by atoms with Crippen LogP contribution in [0.25, 0.3) is 0 Å². The minimum absolute atomic E-state index is 0.0449. The van der Waals surface area contributed by atoms with Crippen LogP contribution in [0.15, 0.2) is 53.8 Å². The van der Waals surface area contributed by atoms with E-state index < -0.39 is 0 Å². The molecular weight excluding hydrogens is 454 g/mol. The average Bonchev–Trinajstić information content (AvgIpc) is 2.91. The summed E-state index contributed by atoms with van der Waals surface area (Å²) in [5.41, 5.74) is 0. The Bertz CT molecular complexity index is 578. The maximum atomic E-state index is 10.8. The van der Waals surface area contributed by atoms with Crippen LogP contribution in [0.1, 0.15) is 155 Å². The van der Waals surface area contributed by atoms with Gasteiger partial charge in [0.2, 0.25) is 0 Å². The summed E-state index contributed by atoms with van der Waals surface area (Å²) >= 11 is 0. The number of rotatable bonds is 28. The number of unbranched alkanes of at least 4 members (excludes halogenated alkanes) is 12. The second-order valence-corrected chi connectivity index (χ2v) is 10.6. The Morgan fingerprint density at radius 1 is 0.514 bits per heavy atom. The predicted octanol–water partition coefficient (Wildman–Crippen LogP) is 11.3. The van der Waals surface area contributed by atoms with Gasteiger partial charge < -0.3 is 5.11 Å². The lowest BCUT2D eigenvalue weighted by molar-refractivity contribution is 0.164. The molecule has 0 radical (unpaired) electrons. The number of aliphatic hydroxyl groups is 1. The Morgan fingerprint density at radius 2 is 1.00 bits per heavy atom. The molecule has 0 saturated carbocycles. The van der Waals surface area contributed by atoms with Gasteiger partial charge in [-0.25, -0.2) is 0 Å². The van der Waals surface area contributed by atoms with E-state index in [9.17, 15) is 10.0 Å². The smallest absolute Gasteiger partial charge is 0.0922 e. The number of hydrogen-bond acceptors (Lipinski definition) is 3. The monoisotopic (exact) mass is 515 g/mol. The molecule has 0 rings (SSSR count). The number of hydrogen-bond donors (Lipinski definition) is 1. The van der Waals surface area contributed by atoms with Gasteiger partial charge in [0.05, 0.1) is 12.1 Å². The maximum absolute atomic E-state index is 10.8. The van der Waals surface area contributed by atoms with E-state index in [0.717, 1.165) is 57.8 Å². The van der Waals surface area contributed by atoms with E-state index >= 15 is 0 Å². The van der Waals surface area contributed by atoms with Crippen LogP contribution in [0.5, 0.6) is 0 Å². The summed E-state index contributed by atoms with van der Waals surface area (Å²) in [5, 5.41) is 13.4. The molecule has 214 valence electrons. The minimum Gasteiger partial charge on any atom is -0.393 e. The molecular formula is C34H61NO2. The first-order chi connectivity index (χ1) is 18.2. The number of aliphatic hydroxyl groups excluding tert-OH is 1. The zero-order valence-electron chi connectivity index (χ0n) is 24.6. The molecule has 0 aromatic carbocycles. The van der Waals surface area contributed by atoms with Crippen LogP contribution in [0, 0.1) is 4.91 Å². The molecule has 0 aliphatic heterocycles. The van der Waals surface area contributed by atoms with Gasteiger partial charge in [0.1, 0.15) is 0 Å². The Morgan fingerprint density at radius 3 is 1.57 bits per heavy atom. The fraction of sp³-hybridized carbons (Fsp3) is 0.765. The van der Waals surface area contributed by atoms with E-state index in [-0.39, 0.29) is 12.1 Å². The van der Waals surface area contributed by atoms with E-state index in [1.807, 2.05) is 0 Å². The van der Waals surface area contributed by atoms with Crippen LogP contribution < -0.4 is 0 Å². The second-order valence-electron chi connectivity index (χ2n) is 10.6. The van der Waals surface area contributed by atoms with E-state index in [4.69, 9.17) is 0 Å². The van der Waals surface area contributed by atoms with E-state index in [1.165, 1.54) is 77.0 Å². The molecule has 0 heterocycles. The third-order valence-electron chi connectivity index (χ3n) is 6.91. The summed E-state index contributed by atoms with van der Waals surface area (Å²) in [6, 6.07) is -0.0449. The highest BCUT2D eigenvalue weighted by Crippen LogP contribution is 2.13. The highest BCUT2D eigenvalue weighted by Gasteiger charge is 2.06. The van der Waals surface area contributed by atoms with Crippen molar-refractivity contribution in [3.8, 4) is 0 Å². The normalized spacial score (nSPS) is 14.0. The zero-order valence-corrected chi connectivity index (χ0v) is 24.6. The summed E-state index contributed by atoms with van der Waals surface area (Å²) in [4.78, 5) is 10.8. The lowest BCUT2D eigenvalue weighted by Gasteiger charge is -2.07. The lowest BCUT2D eigenvalue weighted by atomic mass is 10.0. The molecule has 3 heteroatoms. The number of allylic oxidation sites excluding steroid dienone is 7. The van der Waals surface area contributed by atoms with Gasteiger partial charge in [-0.15, -0.1) is 0 Å².